The van der Waals surface area contributed by atoms with Gasteiger partial charge in [-0.25, -0.2) is 9.50 Å². The summed E-state index contributed by atoms with van der Waals surface area (Å²) in [4.78, 5) is 21.5. The second kappa shape index (κ2) is 8.86. The Kier molecular flexibility index (Phi) is 5.84. The van der Waals surface area contributed by atoms with Gasteiger partial charge in [-0.05, 0) is 43.4 Å². The Bertz CT molecular complexity index is 1140. The van der Waals surface area contributed by atoms with Crippen molar-refractivity contribution in [2.45, 2.75) is 39.2 Å². The van der Waals surface area contributed by atoms with Crippen molar-refractivity contribution in [2.75, 3.05) is 0 Å². The maximum Gasteiger partial charge on any atom is 0.252 e. The molecule has 0 saturated carbocycles. The van der Waals surface area contributed by atoms with Gasteiger partial charge < -0.3 is 5.32 Å². The molecule has 2 aromatic carbocycles. The number of benzene rings is 2. The summed E-state index contributed by atoms with van der Waals surface area (Å²) < 4.78 is 1.72. The van der Waals surface area contributed by atoms with Crippen LogP contribution in [0, 0.1) is 13.8 Å². The maximum atomic E-state index is 12.9. The zero-order valence-electron chi connectivity index (χ0n) is 17.2. The Morgan fingerprint density at radius 1 is 1.03 bits per heavy atom. The van der Waals surface area contributed by atoms with Gasteiger partial charge in [0.2, 0.25) is 5.91 Å². The highest BCUT2D eigenvalue weighted by atomic mass is 16.1. The topological polar surface area (TPSA) is 72.2 Å². The first-order valence-corrected chi connectivity index (χ1v) is 10.2. The molecule has 152 valence electrons. The minimum atomic E-state index is -0.0702. The largest absolute Gasteiger partial charge is 0.349 e. The number of carbonyl (C=O) groups excluding carboxylic acids is 1. The third-order valence-electron chi connectivity index (χ3n) is 5.41. The van der Waals surface area contributed by atoms with Crippen LogP contribution in [0.15, 0.2) is 67.0 Å². The Morgan fingerprint density at radius 3 is 2.47 bits per heavy atom. The molecule has 0 fully saturated rings. The van der Waals surface area contributed by atoms with Crippen molar-refractivity contribution in [3.8, 4) is 0 Å². The van der Waals surface area contributed by atoms with E-state index in [0.717, 1.165) is 28.9 Å². The average Bonchev–Trinajstić information content (AvgIpc) is 3.23. The van der Waals surface area contributed by atoms with E-state index >= 15 is 0 Å². The SMILES string of the molecule is Cc1nc2ncnn2c(C)c1CCC(=O)NC(Cc1ccccc1)c1ccccc1. The molecule has 0 aliphatic carbocycles. The molecule has 0 spiro atoms. The molecule has 0 radical (unpaired) electrons. The first-order valence-electron chi connectivity index (χ1n) is 10.2. The van der Waals surface area contributed by atoms with Crippen LogP contribution in [0.2, 0.25) is 0 Å². The van der Waals surface area contributed by atoms with Crippen molar-refractivity contribution in [1.29, 1.82) is 0 Å². The van der Waals surface area contributed by atoms with E-state index in [1.54, 1.807) is 4.52 Å². The zero-order chi connectivity index (χ0) is 20.9. The van der Waals surface area contributed by atoms with Crippen LogP contribution in [-0.4, -0.2) is 25.5 Å². The van der Waals surface area contributed by atoms with E-state index in [0.29, 0.717) is 18.6 Å². The molecule has 1 unspecified atom stereocenters. The summed E-state index contributed by atoms with van der Waals surface area (Å²) in [6.45, 7) is 3.95. The lowest BCUT2D eigenvalue weighted by Gasteiger charge is -2.20. The van der Waals surface area contributed by atoms with Gasteiger partial charge in [0.1, 0.15) is 6.33 Å². The number of carbonyl (C=O) groups is 1. The maximum absolute atomic E-state index is 12.9. The lowest BCUT2D eigenvalue weighted by atomic mass is 9.98. The quantitative estimate of drug-likeness (QED) is 0.513. The molecule has 0 saturated heterocycles. The highest BCUT2D eigenvalue weighted by Crippen LogP contribution is 2.20. The Morgan fingerprint density at radius 2 is 1.73 bits per heavy atom. The Balaban J connectivity index is 1.48. The summed E-state index contributed by atoms with van der Waals surface area (Å²) in [5, 5.41) is 7.45. The first-order chi connectivity index (χ1) is 14.6. The van der Waals surface area contributed by atoms with Crippen LogP contribution in [0.3, 0.4) is 0 Å². The molecule has 1 atom stereocenters. The van der Waals surface area contributed by atoms with Crippen molar-refractivity contribution >= 4 is 11.7 Å². The molecule has 1 N–H and O–H groups in total. The van der Waals surface area contributed by atoms with Gasteiger partial charge >= 0.3 is 0 Å². The average molecular weight is 399 g/mol. The normalized spacial score (nSPS) is 12.1. The van der Waals surface area contributed by atoms with E-state index in [2.05, 4.69) is 44.6 Å². The molecule has 0 aliphatic heterocycles. The molecule has 0 aliphatic rings. The van der Waals surface area contributed by atoms with Crippen LogP contribution in [0.25, 0.3) is 5.78 Å². The molecular formula is C24H25N5O. The fourth-order valence-electron chi connectivity index (χ4n) is 3.81. The second-order valence-electron chi connectivity index (χ2n) is 7.45. The van der Waals surface area contributed by atoms with Gasteiger partial charge in [0.15, 0.2) is 0 Å². The van der Waals surface area contributed by atoms with Gasteiger partial charge in [-0.3, -0.25) is 4.79 Å². The molecule has 2 heterocycles. The van der Waals surface area contributed by atoms with Gasteiger partial charge in [-0.1, -0.05) is 60.7 Å². The van der Waals surface area contributed by atoms with Crippen molar-refractivity contribution in [2.24, 2.45) is 0 Å². The summed E-state index contributed by atoms with van der Waals surface area (Å²) in [5.41, 5.74) is 5.21. The number of hydrogen-bond donors (Lipinski definition) is 1. The van der Waals surface area contributed by atoms with E-state index < -0.39 is 0 Å². The summed E-state index contributed by atoms with van der Waals surface area (Å²) in [7, 11) is 0. The highest BCUT2D eigenvalue weighted by molar-refractivity contribution is 5.76. The number of amides is 1. The zero-order valence-corrected chi connectivity index (χ0v) is 17.2. The molecule has 6 heteroatoms. The lowest BCUT2D eigenvalue weighted by Crippen LogP contribution is -2.30. The monoisotopic (exact) mass is 399 g/mol. The number of nitrogens with one attached hydrogen (secondary N) is 1. The first kappa shape index (κ1) is 19.8. The highest BCUT2D eigenvalue weighted by Gasteiger charge is 2.17. The number of aryl methyl sites for hydroxylation is 2. The summed E-state index contributed by atoms with van der Waals surface area (Å²) >= 11 is 0. The number of fused-ring (bicyclic) bond motifs is 1. The predicted molar refractivity (Wildman–Crippen MR) is 116 cm³/mol. The van der Waals surface area contributed by atoms with Crippen LogP contribution in [0.4, 0.5) is 0 Å². The molecule has 0 bridgehead atoms. The smallest absolute Gasteiger partial charge is 0.252 e. The lowest BCUT2D eigenvalue weighted by molar-refractivity contribution is -0.121. The third-order valence-corrected chi connectivity index (χ3v) is 5.41. The van der Waals surface area contributed by atoms with E-state index in [9.17, 15) is 4.79 Å². The fourth-order valence-corrected chi connectivity index (χ4v) is 3.81. The second-order valence-corrected chi connectivity index (χ2v) is 7.45. The molecule has 1 amide bonds. The van der Waals surface area contributed by atoms with Gasteiger partial charge in [0.05, 0.1) is 6.04 Å². The fraction of sp³-hybridized carbons (Fsp3) is 0.250. The van der Waals surface area contributed by atoms with Crippen LogP contribution in [0.1, 0.15) is 40.5 Å². The number of nitrogens with zero attached hydrogens (tertiary/aromatic N) is 4. The number of aromatic nitrogens is 4. The molecule has 2 aromatic heterocycles. The van der Waals surface area contributed by atoms with Gasteiger partial charge in [-0.15, -0.1) is 0 Å². The van der Waals surface area contributed by atoms with Crippen molar-refractivity contribution in [3.05, 3.63) is 95.1 Å². The summed E-state index contributed by atoms with van der Waals surface area (Å²) in [6.07, 6.45) is 3.25. The standard InChI is InChI=1S/C24H25N5O/c1-17-21(18(2)29-24(27-17)25-16-26-29)13-14-23(30)28-22(20-11-7-4-8-12-20)15-19-9-5-3-6-10-19/h3-12,16,22H,13-15H2,1-2H3,(H,28,30). The van der Waals surface area contributed by atoms with E-state index in [4.69, 9.17) is 0 Å². The van der Waals surface area contributed by atoms with Crippen LogP contribution >= 0.6 is 0 Å². The van der Waals surface area contributed by atoms with Crippen molar-refractivity contribution < 1.29 is 4.79 Å². The van der Waals surface area contributed by atoms with Crippen molar-refractivity contribution in [3.63, 3.8) is 0 Å². The minimum Gasteiger partial charge on any atom is -0.349 e. The molecule has 4 aromatic rings. The number of hydrogen-bond acceptors (Lipinski definition) is 4. The molecular weight excluding hydrogens is 374 g/mol. The van der Waals surface area contributed by atoms with Crippen LogP contribution < -0.4 is 5.32 Å². The molecule has 6 nitrogen and oxygen atoms in total. The molecule has 30 heavy (non-hydrogen) atoms. The molecule has 4 rings (SSSR count). The van der Waals surface area contributed by atoms with Gasteiger partial charge in [-0.2, -0.15) is 10.1 Å². The van der Waals surface area contributed by atoms with Crippen LogP contribution in [-0.2, 0) is 17.6 Å². The Hall–Kier alpha value is -3.54. The van der Waals surface area contributed by atoms with E-state index in [1.165, 1.54) is 11.9 Å². The summed E-state index contributed by atoms with van der Waals surface area (Å²) in [5.74, 6) is 0.613. The number of rotatable bonds is 7. The van der Waals surface area contributed by atoms with E-state index in [-0.39, 0.29) is 11.9 Å². The van der Waals surface area contributed by atoms with Crippen LogP contribution in [0.5, 0.6) is 0 Å². The summed E-state index contributed by atoms with van der Waals surface area (Å²) in [6, 6.07) is 20.3. The Labute approximate surface area is 176 Å². The van der Waals surface area contributed by atoms with E-state index in [1.807, 2.05) is 50.2 Å². The minimum absolute atomic E-state index is 0.0253. The third kappa shape index (κ3) is 4.38. The predicted octanol–water partition coefficient (Wildman–Crippen LogP) is 3.77. The van der Waals surface area contributed by atoms with Crippen molar-refractivity contribution in [1.82, 2.24) is 24.9 Å². The van der Waals surface area contributed by atoms with Gasteiger partial charge in [0, 0.05) is 17.8 Å². The van der Waals surface area contributed by atoms with Gasteiger partial charge in [0.25, 0.3) is 5.78 Å².